The van der Waals surface area contributed by atoms with E-state index >= 15 is 0 Å². The van der Waals surface area contributed by atoms with Crippen molar-refractivity contribution >= 4 is 23.2 Å². The third kappa shape index (κ3) is 1.09. The summed E-state index contributed by atoms with van der Waals surface area (Å²) in [5.41, 5.74) is 1.49. The van der Waals surface area contributed by atoms with Gasteiger partial charge in [-0.1, -0.05) is 11.6 Å². The van der Waals surface area contributed by atoms with Gasteiger partial charge in [0, 0.05) is 17.6 Å². The zero-order valence-electron chi connectivity index (χ0n) is 8.70. The van der Waals surface area contributed by atoms with Gasteiger partial charge in [-0.15, -0.1) is 0 Å². The van der Waals surface area contributed by atoms with Crippen LogP contribution in [-0.2, 0) is 20.1 Å². The number of fused-ring (bicyclic) bond motifs is 2. The number of carbonyl (C=O) groups excluding carboxylic acids is 1. The van der Waals surface area contributed by atoms with Gasteiger partial charge in [-0.25, -0.2) is 0 Å². The molecule has 0 bridgehead atoms. The Balaban J connectivity index is 2.23. The molecule has 5 heteroatoms. The van der Waals surface area contributed by atoms with Crippen LogP contribution in [0, 0.1) is 0 Å². The van der Waals surface area contributed by atoms with Crippen LogP contribution in [0.25, 0.3) is 0 Å². The van der Waals surface area contributed by atoms with Crippen molar-refractivity contribution in [2.75, 3.05) is 25.2 Å². The van der Waals surface area contributed by atoms with Crippen LogP contribution in [0.1, 0.15) is 5.56 Å². The Labute approximate surface area is 97.7 Å². The second-order valence-electron chi connectivity index (χ2n) is 3.84. The lowest BCUT2D eigenvalue weighted by molar-refractivity contribution is -0.180. The van der Waals surface area contributed by atoms with E-state index in [9.17, 15) is 4.79 Å². The second kappa shape index (κ2) is 3.20. The highest BCUT2D eigenvalue weighted by atomic mass is 35.5. The lowest BCUT2D eigenvalue weighted by Gasteiger charge is -2.20. The number of nitrogens with zero attached hydrogens (tertiary/aromatic N) is 1. The summed E-state index contributed by atoms with van der Waals surface area (Å²) < 4.78 is 11.0. The largest absolute Gasteiger partial charge is 0.336 e. The highest BCUT2D eigenvalue weighted by Gasteiger charge is 2.55. The first-order valence-corrected chi connectivity index (χ1v) is 5.39. The Morgan fingerprint density at radius 2 is 2.06 bits per heavy atom. The maximum Gasteiger partial charge on any atom is 0.292 e. The van der Waals surface area contributed by atoms with Gasteiger partial charge in [0.1, 0.15) is 0 Å². The van der Waals surface area contributed by atoms with E-state index in [2.05, 4.69) is 0 Å². The molecule has 4 nitrogen and oxygen atoms in total. The average Bonchev–Trinajstić information content (AvgIpc) is 2.83. The van der Waals surface area contributed by atoms with Gasteiger partial charge in [0.05, 0.1) is 18.9 Å². The minimum atomic E-state index is -1.25. The molecule has 3 rings (SSSR count). The van der Waals surface area contributed by atoms with Crippen molar-refractivity contribution in [3.8, 4) is 0 Å². The number of halogens is 1. The molecular weight excluding hydrogens is 230 g/mol. The standard InChI is InChI=1S/C11H10ClNO3/c1-13-9-3-2-7(12)6-8(9)11(10(13)14)15-4-5-16-11/h2-3,6H,4-5H2,1H3. The molecule has 1 saturated heterocycles. The van der Waals surface area contributed by atoms with Crippen LogP contribution in [0.15, 0.2) is 18.2 Å². The molecule has 2 aliphatic heterocycles. The number of ether oxygens (including phenoxy) is 2. The minimum Gasteiger partial charge on any atom is -0.336 e. The fourth-order valence-corrected chi connectivity index (χ4v) is 2.37. The van der Waals surface area contributed by atoms with E-state index in [1.807, 2.05) is 0 Å². The topological polar surface area (TPSA) is 38.8 Å². The van der Waals surface area contributed by atoms with Crippen molar-refractivity contribution in [3.63, 3.8) is 0 Å². The number of rotatable bonds is 0. The normalized spacial score (nSPS) is 21.9. The first-order valence-electron chi connectivity index (χ1n) is 5.01. The van der Waals surface area contributed by atoms with Gasteiger partial charge < -0.3 is 14.4 Å². The van der Waals surface area contributed by atoms with E-state index in [0.29, 0.717) is 23.8 Å². The Kier molecular flexibility index (Phi) is 2.01. The molecule has 0 radical (unpaired) electrons. The molecule has 2 heterocycles. The number of benzene rings is 1. The SMILES string of the molecule is CN1C(=O)C2(OCCO2)c2cc(Cl)ccc21. The number of amides is 1. The average molecular weight is 240 g/mol. The predicted molar refractivity (Wildman–Crippen MR) is 58.4 cm³/mol. The summed E-state index contributed by atoms with van der Waals surface area (Å²) in [6.07, 6.45) is 0. The highest BCUT2D eigenvalue weighted by molar-refractivity contribution is 6.31. The van der Waals surface area contributed by atoms with Crippen molar-refractivity contribution in [2.45, 2.75) is 5.79 Å². The van der Waals surface area contributed by atoms with Gasteiger partial charge in [0.15, 0.2) is 0 Å². The smallest absolute Gasteiger partial charge is 0.292 e. The Morgan fingerprint density at radius 1 is 1.38 bits per heavy atom. The van der Waals surface area contributed by atoms with Gasteiger partial charge in [0.25, 0.3) is 11.7 Å². The van der Waals surface area contributed by atoms with Crippen LogP contribution < -0.4 is 4.90 Å². The summed E-state index contributed by atoms with van der Waals surface area (Å²) in [4.78, 5) is 13.7. The van der Waals surface area contributed by atoms with Gasteiger partial charge >= 0.3 is 0 Å². The molecule has 0 atom stereocenters. The molecule has 84 valence electrons. The Morgan fingerprint density at radius 3 is 2.75 bits per heavy atom. The number of carbonyl (C=O) groups is 1. The van der Waals surface area contributed by atoms with Crippen LogP contribution in [0.5, 0.6) is 0 Å². The van der Waals surface area contributed by atoms with Crippen molar-refractivity contribution in [2.24, 2.45) is 0 Å². The first kappa shape index (κ1) is 10.1. The van der Waals surface area contributed by atoms with Crippen molar-refractivity contribution in [1.29, 1.82) is 0 Å². The molecule has 0 unspecified atom stereocenters. The number of hydrogen-bond acceptors (Lipinski definition) is 3. The van der Waals surface area contributed by atoms with E-state index in [1.165, 1.54) is 4.90 Å². The summed E-state index contributed by atoms with van der Waals surface area (Å²) in [5, 5.41) is 0.570. The highest BCUT2D eigenvalue weighted by Crippen LogP contribution is 2.45. The molecule has 2 aliphatic rings. The van der Waals surface area contributed by atoms with Crippen LogP contribution in [0.2, 0.25) is 5.02 Å². The van der Waals surface area contributed by atoms with Crippen LogP contribution in [-0.4, -0.2) is 26.2 Å². The van der Waals surface area contributed by atoms with E-state index in [-0.39, 0.29) is 5.91 Å². The van der Waals surface area contributed by atoms with Crippen molar-refractivity contribution in [3.05, 3.63) is 28.8 Å². The van der Waals surface area contributed by atoms with Gasteiger partial charge in [-0.05, 0) is 18.2 Å². The van der Waals surface area contributed by atoms with Gasteiger partial charge in [-0.2, -0.15) is 0 Å². The van der Waals surface area contributed by atoms with E-state index in [4.69, 9.17) is 21.1 Å². The maximum atomic E-state index is 12.1. The summed E-state index contributed by atoms with van der Waals surface area (Å²) in [7, 11) is 1.70. The Bertz CT molecular complexity index is 468. The Hall–Kier alpha value is -1.10. The quantitative estimate of drug-likeness (QED) is 0.689. The van der Waals surface area contributed by atoms with Crippen molar-refractivity contribution in [1.82, 2.24) is 0 Å². The number of anilines is 1. The second-order valence-corrected chi connectivity index (χ2v) is 4.28. The van der Waals surface area contributed by atoms with Crippen LogP contribution in [0.4, 0.5) is 5.69 Å². The molecule has 1 aromatic carbocycles. The molecule has 1 spiro atoms. The van der Waals surface area contributed by atoms with Crippen LogP contribution in [0.3, 0.4) is 0 Å². The summed E-state index contributed by atoms with van der Waals surface area (Å²) in [5.74, 6) is -1.45. The molecule has 1 aromatic rings. The molecule has 0 aromatic heterocycles. The van der Waals surface area contributed by atoms with E-state index in [1.54, 1.807) is 25.2 Å². The van der Waals surface area contributed by atoms with Gasteiger partial charge in [-0.3, -0.25) is 4.79 Å². The lowest BCUT2D eigenvalue weighted by atomic mass is 10.1. The molecule has 16 heavy (non-hydrogen) atoms. The minimum absolute atomic E-state index is 0.192. The lowest BCUT2D eigenvalue weighted by Crippen LogP contribution is -2.39. The molecule has 0 aliphatic carbocycles. The fourth-order valence-electron chi connectivity index (χ4n) is 2.20. The fraction of sp³-hybridized carbons (Fsp3) is 0.364. The zero-order valence-corrected chi connectivity index (χ0v) is 9.45. The van der Waals surface area contributed by atoms with Crippen molar-refractivity contribution < 1.29 is 14.3 Å². The maximum absolute atomic E-state index is 12.1. The molecule has 0 N–H and O–H groups in total. The first-order chi connectivity index (χ1) is 7.65. The monoisotopic (exact) mass is 239 g/mol. The third-order valence-corrected chi connectivity index (χ3v) is 3.19. The molecule has 1 amide bonds. The summed E-state index contributed by atoms with van der Waals surface area (Å²) in [6.45, 7) is 0.844. The predicted octanol–water partition coefficient (Wildman–Crippen LogP) is 1.52. The van der Waals surface area contributed by atoms with E-state index < -0.39 is 5.79 Å². The molecule has 0 saturated carbocycles. The number of hydrogen-bond donors (Lipinski definition) is 0. The zero-order chi connectivity index (χ0) is 11.3. The molecule has 1 fully saturated rings. The van der Waals surface area contributed by atoms with E-state index in [0.717, 1.165) is 5.69 Å². The number of likely N-dealkylation sites (N-methyl/N-ethyl adjacent to an activating group) is 1. The van der Waals surface area contributed by atoms with Gasteiger partial charge in [0.2, 0.25) is 0 Å². The van der Waals surface area contributed by atoms with Crippen LogP contribution >= 0.6 is 11.6 Å². The summed E-state index contributed by atoms with van der Waals surface area (Å²) >= 11 is 5.94. The third-order valence-electron chi connectivity index (χ3n) is 2.95. The summed E-state index contributed by atoms with van der Waals surface area (Å²) in [6, 6.07) is 5.27. The molecular formula is C11H10ClNO3.